The first-order valence-electron chi connectivity index (χ1n) is 10.6. The minimum absolute atomic E-state index is 0.154. The first-order chi connectivity index (χ1) is 14.6. The average Bonchev–Trinajstić information content (AvgIpc) is 2.71. The van der Waals surface area contributed by atoms with Gasteiger partial charge in [0, 0.05) is 12.8 Å². The number of unbranched alkanes of at least 4 members (excludes halogenated alkanes) is 5. The highest BCUT2D eigenvalue weighted by atomic mass is 31.2. The topological polar surface area (TPSA) is 172 Å². The highest BCUT2D eigenvalue weighted by Crippen LogP contribution is 2.43. The first kappa shape index (κ1) is 29.5. The number of carboxylic acid groups (broad SMARTS) is 1. The zero-order valence-electron chi connectivity index (χ0n) is 18.3. The molecule has 0 aliphatic rings. The molecule has 12 heteroatoms. The largest absolute Gasteiger partial charge is 0.480 e. The fraction of sp³-hybridized carbons (Fsp3) is 0.842. The van der Waals surface area contributed by atoms with Crippen molar-refractivity contribution in [3.63, 3.8) is 0 Å². The Bertz CT molecular complexity index is 586. The third-order valence-electron chi connectivity index (χ3n) is 4.11. The number of nitrogens with two attached hydrogens (primary N) is 1. The van der Waals surface area contributed by atoms with E-state index in [-0.39, 0.29) is 19.4 Å². The van der Waals surface area contributed by atoms with Crippen molar-refractivity contribution in [1.82, 2.24) is 0 Å². The molecule has 0 rings (SSSR count). The number of carboxylic acids is 1. The maximum Gasteiger partial charge on any atom is 0.472 e. The number of phosphoric ester groups is 1. The van der Waals surface area contributed by atoms with Crippen molar-refractivity contribution in [3.8, 4) is 0 Å². The summed E-state index contributed by atoms with van der Waals surface area (Å²) in [5.74, 6) is -2.44. The van der Waals surface area contributed by atoms with Crippen molar-refractivity contribution >= 4 is 25.7 Å². The van der Waals surface area contributed by atoms with Crippen LogP contribution in [0.2, 0.25) is 0 Å². The Morgan fingerprint density at radius 3 is 2.03 bits per heavy atom. The van der Waals surface area contributed by atoms with Crippen LogP contribution in [-0.4, -0.2) is 59.9 Å². The Kier molecular flexibility index (Phi) is 16.2. The van der Waals surface area contributed by atoms with Gasteiger partial charge in [-0.1, -0.05) is 46.0 Å². The maximum atomic E-state index is 12.0. The third-order valence-corrected chi connectivity index (χ3v) is 5.06. The second-order valence-electron chi connectivity index (χ2n) is 7.07. The molecule has 0 heterocycles. The van der Waals surface area contributed by atoms with Crippen LogP contribution >= 0.6 is 7.82 Å². The second-order valence-corrected chi connectivity index (χ2v) is 8.52. The van der Waals surface area contributed by atoms with Gasteiger partial charge in [-0.15, -0.1) is 0 Å². The van der Waals surface area contributed by atoms with E-state index in [2.05, 4.69) is 4.52 Å². The predicted molar refractivity (Wildman–Crippen MR) is 111 cm³/mol. The smallest absolute Gasteiger partial charge is 0.472 e. The monoisotopic (exact) mass is 469 g/mol. The van der Waals surface area contributed by atoms with E-state index < -0.39 is 51.1 Å². The van der Waals surface area contributed by atoms with E-state index >= 15 is 0 Å². The number of hydrogen-bond acceptors (Lipinski definition) is 9. The summed E-state index contributed by atoms with van der Waals surface area (Å²) in [6.07, 6.45) is 5.21. The molecule has 0 radical (unpaired) electrons. The molecular weight excluding hydrogens is 433 g/mol. The summed E-state index contributed by atoms with van der Waals surface area (Å²) in [4.78, 5) is 44.1. The van der Waals surface area contributed by atoms with Crippen LogP contribution < -0.4 is 5.73 Å². The molecule has 0 aromatic heterocycles. The van der Waals surface area contributed by atoms with E-state index in [1.54, 1.807) is 0 Å². The Balaban J connectivity index is 4.69. The van der Waals surface area contributed by atoms with Gasteiger partial charge in [-0.3, -0.25) is 23.4 Å². The summed E-state index contributed by atoms with van der Waals surface area (Å²) < 4.78 is 31.5. The quantitative estimate of drug-likeness (QED) is 0.144. The molecular formula is C19H36NO10P. The van der Waals surface area contributed by atoms with Gasteiger partial charge in [0.25, 0.3) is 0 Å². The molecule has 0 aromatic carbocycles. The minimum Gasteiger partial charge on any atom is -0.480 e. The summed E-state index contributed by atoms with van der Waals surface area (Å²) >= 11 is 0. The van der Waals surface area contributed by atoms with Gasteiger partial charge in [0.2, 0.25) is 0 Å². The van der Waals surface area contributed by atoms with Gasteiger partial charge in [0.1, 0.15) is 12.6 Å². The normalized spacial score (nSPS) is 15.0. The molecule has 0 aliphatic heterocycles. The molecule has 0 aliphatic carbocycles. The Morgan fingerprint density at radius 2 is 1.42 bits per heavy atom. The van der Waals surface area contributed by atoms with Crippen LogP contribution in [0.4, 0.5) is 0 Å². The molecule has 0 saturated heterocycles. The van der Waals surface area contributed by atoms with Gasteiger partial charge in [-0.2, -0.15) is 0 Å². The van der Waals surface area contributed by atoms with Crippen LogP contribution in [0.25, 0.3) is 0 Å². The van der Waals surface area contributed by atoms with Crippen molar-refractivity contribution in [2.75, 3.05) is 19.8 Å². The van der Waals surface area contributed by atoms with Crippen molar-refractivity contribution in [1.29, 1.82) is 0 Å². The molecule has 182 valence electrons. The number of hydrogen-bond donors (Lipinski definition) is 3. The van der Waals surface area contributed by atoms with Crippen molar-refractivity contribution < 1.29 is 47.5 Å². The minimum atomic E-state index is -4.66. The molecule has 3 atom stereocenters. The number of carbonyl (C=O) groups excluding carboxylic acids is 2. The first-order valence-corrected chi connectivity index (χ1v) is 12.1. The Morgan fingerprint density at radius 1 is 0.871 bits per heavy atom. The zero-order valence-corrected chi connectivity index (χ0v) is 19.2. The lowest BCUT2D eigenvalue weighted by Crippen LogP contribution is -2.34. The van der Waals surface area contributed by atoms with Crippen LogP contribution in [-0.2, 0) is 37.5 Å². The average molecular weight is 469 g/mol. The second kappa shape index (κ2) is 17.1. The van der Waals surface area contributed by atoms with Crippen molar-refractivity contribution in [2.45, 2.75) is 83.8 Å². The lowest BCUT2D eigenvalue weighted by atomic mass is 10.1. The summed E-state index contributed by atoms with van der Waals surface area (Å²) in [7, 11) is -4.66. The Hall–Kier alpha value is -1.52. The van der Waals surface area contributed by atoms with Gasteiger partial charge >= 0.3 is 25.7 Å². The molecule has 4 N–H and O–H groups in total. The van der Waals surface area contributed by atoms with Gasteiger partial charge in [-0.05, 0) is 12.8 Å². The molecule has 1 unspecified atom stereocenters. The SMILES string of the molecule is CCCCCCC(=O)O[C@H](COC(=O)CCCCC)COP(=O)(O)OC[C@H](N)C(=O)O. The van der Waals surface area contributed by atoms with E-state index in [1.165, 1.54) is 0 Å². The summed E-state index contributed by atoms with van der Waals surface area (Å²) in [6.45, 7) is 2.35. The molecule has 0 aromatic rings. The maximum absolute atomic E-state index is 12.0. The molecule has 0 spiro atoms. The van der Waals surface area contributed by atoms with E-state index in [0.29, 0.717) is 12.8 Å². The number of ether oxygens (including phenoxy) is 2. The molecule has 0 amide bonds. The molecule has 0 fully saturated rings. The standard InChI is InChI=1S/C19H36NO10P/c1-3-5-7-9-11-18(22)30-15(12-27-17(21)10-8-6-4-2)13-28-31(25,26)29-14-16(20)19(23)24/h15-16H,3-14,20H2,1-2H3,(H,23,24)(H,25,26)/t15-,16+/m1/s1. The predicted octanol–water partition coefficient (Wildman–Crippen LogP) is 2.54. The number of carbonyl (C=O) groups is 3. The zero-order chi connectivity index (χ0) is 23.7. The van der Waals surface area contributed by atoms with E-state index in [0.717, 1.165) is 32.1 Å². The van der Waals surface area contributed by atoms with Gasteiger partial charge in [0.15, 0.2) is 6.10 Å². The van der Waals surface area contributed by atoms with E-state index in [4.69, 9.17) is 24.8 Å². The van der Waals surface area contributed by atoms with Gasteiger partial charge in [-0.25, -0.2) is 4.57 Å². The van der Waals surface area contributed by atoms with Crippen LogP contribution in [0.15, 0.2) is 0 Å². The fourth-order valence-corrected chi connectivity index (χ4v) is 3.07. The van der Waals surface area contributed by atoms with Gasteiger partial charge < -0.3 is 25.2 Å². The van der Waals surface area contributed by atoms with Gasteiger partial charge in [0.05, 0.1) is 13.2 Å². The fourth-order valence-electron chi connectivity index (χ4n) is 2.29. The third kappa shape index (κ3) is 16.8. The lowest BCUT2D eigenvalue weighted by Gasteiger charge is -2.20. The number of esters is 2. The van der Waals surface area contributed by atoms with Crippen LogP contribution in [0.5, 0.6) is 0 Å². The van der Waals surface area contributed by atoms with Crippen molar-refractivity contribution in [2.24, 2.45) is 5.73 Å². The highest BCUT2D eigenvalue weighted by Gasteiger charge is 2.28. The van der Waals surface area contributed by atoms with Crippen LogP contribution in [0, 0.1) is 0 Å². The molecule has 0 saturated carbocycles. The summed E-state index contributed by atoms with van der Waals surface area (Å²) in [5.41, 5.74) is 5.21. The highest BCUT2D eigenvalue weighted by molar-refractivity contribution is 7.47. The van der Waals surface area contributed by atoms with Crippen LogP contribution in [0.3, 0.4) is 0 Å². The number of rotatable bonds is 19. The molecule has 31 heavy (non-hydrogen) atoms. The number of phosphoric acid groups is 1. The summed E-state index contributed by atoms with van der Waals surface area (Å²) in [5, 5.41) is 8.68. The Labute approximate surface area is 183 Å². The van der Waals surface area contributed by atoms with Crippen LogP contribution in [0.1, 0.15) is 71.6 Å². The molecule has 11 nitrogen and oxygen atoms in total. The van der Waals surface area contributed by atoms with E-state index in [1.807, 2.05) is 13.8 Å². The number of aliphatic carboxylic acids is 1. The van der Waals surface area contributed by atoms with E-state index in [9.17, 15) is 23.8 Å². The lowest BCUT2D eigenvalue weighted by molar-refractivity contribution is -0.161. The van der Waals surface area contributed by atoms with Crippen molar-refractivity contribution in [3.05, 3.63) is 0 Å². The molecule has 0 bridgehead atoms. The summed E-state index contributed by atoms with van der Waals surface area (Å²) in [6, 6.07) is -1.51.